The Bertz CT molecular complexity index is 948. The summed E-state index contributed by atoms with van der Waals surface area (Å²) in [6, 6.07) is 10.9. The topological polar surface area (TPSA) is 69.7 Å². The Balaban J connectivity index is 2.14. The van der Waals surface area contributed by atoms with Crippen LogP contribution in [-0.4, -0.2) is 20.8 Å². The lowest BCUT2D eigenvalue weighted by molar-refractivity contribution is 0.357. The number of rotatable bonds is 10. The van der Waals surface area contributed by atoms with E-state index in [1.165, 1.54) is 35.6 Å². The van der Waals surface area contributed by atoms with Crippen molar-refractivity contribution in [2.45, 2.75) is 37.0 Å². The van der Waals surface area contributed by atoms with Gasteiger partial charge in [-0.15, -0.1) is 0 Å². The van der Waals surface area contributed by atoms with Crippen LogP contribution in [0.5, 0.6) is 5.75 Å². The SMILES string of the molecule is CCCSP(=O)(OCC)Sc1ccc(OS(=O)(=O)c2ccc(Cl)cc2C)cc1. The summed E-state index contributed by atoms with van der Waals surface area (Å²) in [5, 5.41) is 0.456. The van der Waals surface area contributed by atoms with Gasteiger partial charge < -0.3 is 8.71 Å². The van der Waals surface area contributed by atoms with E-state index in [4.69, 9.17) is 20.3 Å². The smallest absolute Gasteiger partial charge is 0.339 e. The first kappa shape index (κ1) is 23.6. The molecule has 0 amide bonds. The van der Waals surface area contributed by atoms with Crippen molar-refractivity contribution in [3.8, 4) is 5.75 Å². The number of hydrogen-bond donors (Lipinski definition) is 0. The van der Waals surface area contributed by atoms with Gasteiger partial charge >= 0.3 is 15.9 Å². The molecule has 5 nitrogen and oxygen atoms in total. The van der Waals surface area contributed by atoms with Crippen LogP contribution in [-0.2, 0) is 19.2 Å². The standard InChI is InChI=1S/C18H22ClO5PS3/c1-4-12-26-25(20,23-5-2)27-17-9-7-16(8-10-17)24-28(21,22)18-11-6-15(19)13-14(18)3/h6-11,13H,4-5,12H2,1-3H3. The minimum Gasteiger partial charge on any atom is -0.379 e. The highest BCUT2D eigenvalue weighted by Crippen LogP contribution is 2.72. The Hall–Kier alpha value is -0.630. The van der Waals surface area contributed by atoms with Gasteiger partial charge in [-0.3, -0.25) is 4.57 Å². The van der Waals surface area contributed by atoms with Gasteiger partial charge in [0.25, 0.3) is 0 Å². The van der Waals surface area contributed by atoms with E-state index >= 15 is 0 Å². The monoisotopic (exact) mass is 480 g/mol. The number of hydrogen-bond acceptors (Lipinski definition) is 7. The summed E-state index contributed by atoms with van der Waals surface area (Å²) in [7, 11) is -3.98. The van der Waals surface area contributed by atoms with Gasteiger partial charge in [-0.25, -0.2) is 0 Å². The molecule has 1 unspecified atom stereocenters. The third kappa shape index (κ3) is 6.71. The molecule has 0 saturated carbocycles. The molecule has 0 bridgehead atoms. The second-order valence-electron chi connectivity index (χ2n) is 5.71. The van der Waals surface area contributed by atoms with Gasteiger partial charge in [0.2, 0.25) is 0 Å². The molecule has 2 aromatic rings. The van der Waals surface area contributed by atoms with Crippen LogP contribution >= 0.6 is 40.1 Å². The molecule has 10 heteroatoms. The third-order valence-corrected chi connectivity index (χ3v) is 12.3. The predicted octanol–water partition coefficient (Wildman–Crippen LogP) is 6.80. The predicted molar refractivity (Wildman–Crippen MR) is 118 cm³/mol. The van der Waals surface area contributed by atoms with Crippen LogP contribution in [0.15, 0.2) is 52.3 Å². The highest BCUT2D eigenvalue weighted by molar-refractivity contribution is 8.89. The molecular weight excluding hydrogens is 459 g/mol. The van der Waals surface area contributed by atoms with Crippen LogP contribution in [0.2, 0.25) is 5.02 Å². The van der Waals surface area contributed by atoms with Crippen LogP contribution in [0.4, 0.5) is 0 Å². The van der Waals surface area contributed by atoms with Gasteiger partial charge in [0.05, 0.1) is 6.61 Å². The van der Waals surface area contributed by atoms with Gasteiger partial charge in [0.15, 0.2) is 0 Å². The molecule has 2 aromatic carbocycles. The van der Waals surface area contributed by atoms with Crippen molar-refractivity contribution in [2.24, 2.45) is 0 Å². The van der Waals surface area contributed by atoms with E-state index in [9.17, 15) is 13.0 Å². The molecule has 2 rings (SSSR count). The molecular formula is C18H22ClO5PS3. The second-order valence-corrected chi connectivity index (χ2v) is 15.0. The zero-order valence-electron chi connectivity index (χ0n) is 15.8. The van der Waals surface area contributed by atoms with Gasteiger partial charge in [0.1, 0.15) is 10.6 Å². The molecule has 0 heterocycles. The van der Waals surface area contributed by atoms with Crippen LogP contribution in [0.3, 0.4) is 0 Å². The van der Waals surface area contributed by atoms with E-state index < -0.39 is 15.9 Å². The Morgan fingerprint density at radius 2 is 1.79 bits per heavy atom. The molecule has 0 N–H and O–H groups in total. The van der Waals surface area contributed by atoms with Crippen LogP contribution < -0.4 is 4.18 Å². The Morgan fingerprint density at radius 1 is 1.11 bits per heavy atom. The second kappa shape index (κ2) is 10.4. The fraction of sp³-hybridized carbons (Fsp3) is 0.333. The minimum atomic E-state index is -3.98. The summed E-state index contributed by atoms with van der Waals surface area (Å²) in [4.78, 5) is 0.778. The number of benzene rings is 2. The van der Waals surface area contributed by atoms with Crippen LogP contribution in [0.25, 0.3) is 0 Å². The normalized spacial score (nSPS) is 13.9. The number of aryl methyl sites for hydroxylation is 1. The first-order valence-electron chi connectivity index (χ1n) is 8.58. The lowest BCUT2D eigenvalue weighted by Gasteiger charge is -2.16. The summed E-state index contributed by atoms with van der Waals surface area (Å²) < 4.78 is 48.6. The summed E-state index contributed by atoms with van der Waals surface area (Å²) in [5.74, 6) is -2.00. The van der Waals surface area contributed by atoms with Crippen molar-refractivity contribution in [3.63, 3.8) is 0 Å². The average Bonchev–Trinajstić information content (AvgIpc) is 2.61. The molecule has 0 radical (unpaired) electrons. The zero-order chi connectivity index (χ0) is 20.8. The average molecular weight is 481 g/mol. The van der Waals surface area contributed by atoms with Crippen molar-refractivity contribution in [2.75, 3.05) is 12.4 Å². The number of halogens is 1. The molecule has 0 aliphatic carbocycles. The highest BCUT2D eigenvalue weighted by atomic mass is 35.5. The highest BCUT2D eigenvalue weighted by Gasteiger charge is 2.25. The quantitative estimate of drug-likeness (QED) is 0.273. The summed E-state index contributed by atoms with van der Waals surface area (Å²) in [6.45, 7) is 5.84. The van der Waals surface area contributed by atoms with E-state index in [1.54, 1.807) is 32.0 Å². The van der Waals surface area contributed by atoms with E-state index in [0.29, 0.717) is 22.1 Å². The fourth-order valence-electron chi connectivity index (χ4n) is 2.20. The Kier molecular flexibility index (Phi) is 8.80. The van der Waals surface area contributed by atoms with Gasteiger partial charge in [0, 0.05) is 15.7 Å². The third-order valence-electron chi connectivity index (χ3n) is 3.39. The Labute approximate surface area is 179 Å². The molecule has 28 heavy (non-hydrogen) atoms. The van der Waals surface area contributed by atoms with E-state index in [2.05, 4.69) is 0 Å². The summed E-state index contributed by atoms with van der Waals surface area (Å²) >= 11 is 8.35. The molecule has 0 spiro atoms. The molecule has 1 atom stereocenters. The fourth-order valence-corrected chi connectivity index (χ4v) is 10.4. The lowest BCUT2D eigenvalue weighted by atomic mass is 10.2. The maximum atomic E-state index is 12.9. The first-order chi connectivity index (χ1) is 13.2. The van der Waals surface area contributed by atoms with E-state index in [-0.39, 0.29) is 10.6 Å². The molecule has 154 valence electrons. The zero-order valence-corrected chi connectivity index (χ0v) is 19.9. The van der Waals surface area contributed by atoms with Crippen molar-refractivity contribution in [3.05, 3.63) is 53.1 Å². The van der Waals surface area contributed by atoms with Crippen molar-refractivity contribution >= 4 is 50.3 Å². The molecule has 0 aromatic heterocycles. The van der Waals surface area contributed by atoms with E-state index in [0.717, 1.165) is 23.6 Å². The first-order valence-corrected chi connectivity index (χ1v) is 15.0. The van der Waals surface area contributed by atoms with Gasteiger partial charge in [-0.2, -0.15) is 8.42 Å². The minimum absolute atomic E-state index is 0.0622. The van der Waals surface area contributed by atoms with Crippen molar-refractivity contribution < 1.29 is 21.7 Å². The maximum absolute atomic E-state index is 12.9. The van der Waals surface area contributed by atoms with Crippen LogP contribution in [0.1, 0.15) is 25.8 Å². The van der Waals surface area contributed by atoms with Crippen molar-refractivity contribution in [1.29, 1.82) is 0 Å². The largest absolute Gasteiger partial charge is 0.379 e. The summed E-state index contributed by atoms with van der Waals surface area (Å²) in [5.41, 5.74) is 0.505. The van der Waals surface area contributed by atoms with Crippen molar-refractivity contribution in [1.82, 2.24) is 0 Å². The molecule has 0 saturated heterocycles. The van der Waals surface area contributed by atoms with E-state index in [1.807, 2.05) is 6.92 Å². The Morgan fingerprint density at radius 3 is 2.36 bits per heavy atom. The summed E-state index contributed by atoms with van der Waals surface area (Å²) in [6.07, 6.45) is 0.900. The molecule has 0 fully saturated rings. The molecule has 0 aliphatic rings. The maximum Gasteiger partial charge on any atom is 0.339 e. The van der Waals surface area contributed by atoms with Gasteiger partial charge in [-0.05, 0) is 79.7 Å². The lowest BCUT2D eigenvalue weighted by Crippen LogP contribution is -2.11. The van der Waals surface area contributed by atoms with Crippen LogP contribution in [0, 0.1) is 6.92 Å². The van der Waals surface area contributed by atoms with Gasteiger partial charge in [-0.1, -0.05) is 29.9 Å². The molecule has 0 aliphatic heterocycles.